The molecule has 0 aromatic carbocycles. The Bertz CT molecular complexity index is 1030. The number of piperazine rings is 1. The fourth-order valence-corrected chi connectivity index (χ4v) is 9.21. The first-order valence-corrected chi connectivity index (χ1v) is 14.5. The molecular formula is C25H35N3O5S. The van der Waals surface area contributed by atoms with Crippen LogP contribution in [0.25, 0.3) is 0 Å². The highest BCUT2D eigenvalue weighted by Gasteiger charge is 2.55. The molecule has 4 saturated carbocycles. The lowest BCUT2D eigenvalue weighted by atomic mass is 9.49. The topological polar surface area (TPSA) is 91.1 Å². The maximum atomic E-state index is 13.6. The van der Waals surface area contributed by atoms with Gasteiger partial charge < -0.3 is 14.2 Å². The second kappa shape index (κ2) is 8.36. The molecular weight excluding hydrogens is 454 g/mol. The van der Waals surface area contributed by atoms with Gasteiger partial charge >= 0.3 is 0 Å². The summed E-state index contributed by atoms with van der Waals surface area (Å²) in [5.41, 5.74) is -0.153. The summed E-state index contributed by atoms with van der Waals surface area (Å²) in [4.78, 5) is 30.3. The van der Waals surface area contributed by atoms with Crippen LogP contribution in [-0.4, -0.2) is 73.6 Å². The van der Waals surface area contributed by atoms with Crippen molar-refractivity contribution < 1.29 is 22.4 Å². The van der Waals surface area contributed by atoms with Gasteiger partial charge in [-0.2, -0.15) is 4.31 Å². The zero-order valence-electron chi connectivity index (χ0n) is 19.8. The van der Waals surface area contributed by atoms with E-state index < -0.39 is 10.0 Å². The largest absolute Gasteiger partial charge is 0.438 e. The normalized spacial score (nSPS) is 33.9. The van der Waals surface area contributed by atoms with Gasteiger partial charge in [-0.15, -0.1) is 0 Å². The first kappa shape index (κ1) is 22.6. The summed E-state index contributed by atoms with van der Waals surface area (Å²) >= 11 is 0. The lowest BCUT2D eigenvalue weighted by molar-refractivity contribution is -0.159. The minimum Gasteiger partial charge on any atom is -0.438 e. The maximum absolute atomic E-state index is 13.6. The van der Waals surface area contributed by atoms with Gasteiger partial charge in [-0.3, -0.25) is 9.59 Å². The van der Waals surface area contributed by atoms with Crippen LogP contribution >= 0.6 is 0 Å². The smallest absolute Gasteiger partial charge is 0.289 e. The van der Waals surface area contributed by atoms with Crippen LogP contribution in [-0.2, 0) is 14.8 Å². The molecule has 2 saturated heterocycles. The molecule has 34 heavy (non-hydrogen) atoms. The lowest BCUT2D eigenvalue weighted by Crippen LogP contribution is -2.58. The Balaban J connectivity index is 1.09. The molecule has 9 heteroatoms. The summed E-state index contributed by atoms with van der Waals surface area (Å²) in [6.45, 7) is 2.95. The zero-order chi connectivity index (χ0) is 23.5. The van der Waals surface area contributed by atoms with E-state index in [1.165, 1.54) is 35.7 Å². The molecule has 0 unspecified atom stereocenters. The number of sulfonamides is 1. The van der Waals surface area contributed by atoms with Gasteiger partial charge in [0.2, 0.25) is 11.0 Å². The highest BCUT2D eigenvalue weighted by molar-refractivity contribution is 7.89. The number of carbonyl (C=O) groups excluding carboxylic acids is 2. The number of hydrogen-bond acceptors (Lipinski definition) is 5. The second-order valence-electron chi connectivity index (χ2n) is 11.4. The van der Waals surface area contributed by atoms with Crippen molar-refractivity contribution in [3.05, 3.63) is 17.9 Å². The molecule has 0 spiro atoms. The highest BCUT2D eigenvalue weighted by Crippen LogP contribution is 2.60. The number of carbonyl (C=O) groups is 2. The van der Waals surface area contributed by atoms with Crippen molar-refractivity contribution in [2.45, 2.75) is 62.9 Å². The molecule has 4 aliphatic carbocycles. The van der Waals surface area contributed by atoms with Gasteiger partial charge in [-0.05, 0) is 81.3 Å². The van der Waals surface area contributed by atoms with Gasteiger partial charge in [0.15, 0.2) is 5.76 Å². The van der Waals surface area contributed by atoms with E-state index in [1.807, 2.05) is 4.90 Å². The molecule has 4 bridgehead atoms. The third-order valence-electron chi connectivity index (χ3n) is 9.05. The summed E-state index contributed by atoms with van der Waals surface area (Å²) in [6.07, 6.45) is 9.82. The van der Waals surface area contributed by atoms with Crippen LogP contribution < -0.4 is 0 Å². The summed E-state index contributed by atoms with van der Waals surface area (Å²) in [5, 5.41) is -0.159. The van der Waals surface area contributed by atoms with Crippen molar-refractivity contribution in [2.75, 3.05) is 39.3 Å². The molecule has 6 aliphatic rings. The van der Waals surface area contributed by atoms with Crippen LogP contribution in [0.5, 0.6) is 0 Å². The number of nitrogens with zero attached hydrogens (tertiary/aromatic N) is 3. The third kappa shape index (κ3) is 3.79. The molecule has 0 radical (unpaired) electrons. The average Bonchev–Trinajstić information content (AvgIpc) is 3.34. The minimum atomic E-state index is -3.70. The lowest BCUT2D eigenvalue weighted by Gasteiger charge is -2.57. The van der Waals surface area contributed by atoms with Crippen molar-refractivity contribution in [1.82, 2.24) is 14.1 Å². The van der Waals surface area contributed by atoms with Crippen LogP contribution in [0, 0.1) is 23.2 Å². The van der Waals surface area contributed by atoms with E-state index in [0.717, 1.165) is 56.3 Å². The van der Waals surface area contributed by atoms with E-state index in [9.17, 15) is 18.0 Å². The standard InChI is InChI=1S/C25H35N3O5S/c29-23(21-4-5-22(33-21)34(31,32)28-6-2-1-3-7-28)26-8-10-27(11-9-26)24(30)25-15-18-12-19(16-25)14-20(13-18)17-25/h4-5,18-20H,1-3,6-17H2. The van der Waals surface area contributed by atoms with Crippen molar-refractivity contribution in [3.8, 4) is 0 Å². The van der Waals surface area contributed by atoms with Crippen LogP contribution in [0.1, 0.15) is 68.3 Å². The Kier molecular flexibility index (Phi) is 5.56. The SMILES string of the molecule is O=C(c1ccc(S(=O)(=O)N2CCCCC2)o1)N1CCN(C(=O)C23CC4CC(CC(C4)C2)C3)CC1. The number of piperidine rings is 1. The summed E-state index contributed by atoms with van der Waals surface area (Å²) in [7, 11) is -3.70. The first-order chi connectivity index (χ1) is 16.3. The van der Waals surface area contributed by atoms with E-state index in [-0.39, 0.29) is 22.2 Å². The highest BCUT2D eigenvalue weighted by atomic mass is 32.2. The van der Waals surface area contributed by atoms with Crippen molar-refractivity contribution >= 4 is 21.8 Å². The molecule has 2 aliphatic heterocycles. The second-order valence-corrected chi connectivity index (χ2v) is 13.2. The Hall–Kier alpha value is -1.87. The average molecular weight is 490 g/mol. The molecule has 1 aromatic heterocycles. The first-order valence-electron chi connectivity index (χ1n) is 13.0. The van der Waals surface area contributed by atoms with Gasteiger partial charge in [0.05, 0.1) is 5.41 Å². The van der Waals surface area contributed by atoms with Gasteiger partial charge in [0.1, 0.15) is 0 Å². The molecule has 8 nitrogen and oxygen atoms in total. The molecule has 186 valence electrons. The molecule has 6 fully saturated rings. The molecule has 7 rings (SSSR count). The quantitative estimate of drug-likeness (QED) is 0.649. The fraction of sp³-hybridized carbons (Fsp3) is 0.760. The number of furan rings is 1. The third-order valence-corrected chi connectivity index (χ3v) is 10.8. The monoisotopic (exact) mass is 489 g/mol. The molecule has 3 heterocycles. The van der Waals surface area contributed by atoms with Crippen molar-refractivity contribution in [2.24, 2.45) is 23.2 Å². The number of hydrogen-bond donors (Lipinski definition) is 0. The van der Waals surface area contributed by atoms with Gasteiger partial charge in [0.25, 0.3) is 15.9 Å². The zero-order valence-corrected chi connectivity index (χ0v) is 20.6. The van der Waals surface area contributed by atoms with E-state index in [1.54, 1.807) is 4.90 Å². The van der Waals surface area contributed by atoms with Gasteiger partial charge in [-0.1, -0.05) is 6.42 Å². The van der Waals surface area contributed by atoms with Crippen molar-refractivity contribution in [3.63, 3.8) is 0 Å². The molecule has 1 aromatic rings. The van der Waals surface area contributed by atoms with Gasteiger partial charge in [0, 0.05) is 39.3 Å². The van der Waals surface area contributed by atoms with Crippen molar-refractivity contribution in [1.29, 1.82) is 0 Å². The Morgan fingerprint density at radius 2 is 1.35 bits per heavy atom. The predicted molar refractivity (Wildman–Crippen MR) is 124 cm³/mol. The Morgan fingerprint density at radius 1 is 0.794 bits per heavy atom. The predicted octanol–water partition coefficient (Wildman–Crippen LogP) is 2.96. The molecule has 0 N–H and O–H groups in total. The van der Waals surface area contributed by atoms with Crippen LogP contribution in [0.15, 0.2) is 21.6 Å². The maximum Gasteiger partial charge on any atom is 0.289 e. The Morgan fingerprint density at radius 3 is 1.94 bits per heavy atom. The van der Waals surface area contributed by atoms with Gasteiger partial charge in [-0.25, -0.2) is 8.42 Å². The number of amides is 2. The van der Waals surface area contributed by atoms with E-state index in [4.69, 9.17) is 4.42 Å². The minimum absolute atomic E-state index is 0.0523. The van der Waals surface area contributed by atoms with E-state index >= 15 is 0 Å². The van der Waals surface area contributed by atoms with Crippen LogP contribution in [0.3, 0.4) is 0 Å². The van der Waals surface area contributed by atoms with E-state index in [2.05, 4.69) is 0 Å². The summed E-state index contributed by atoms with van der Waals surface area (Å²) < 4.78 is 32.7. The number of rotatable bonds is 4. The fourth-order valence-electron chi connectivity index (χ4n) is 7.78. The summed E-state index contributed by atoms with van der Waals surface area (Å²) in [6, 6.07) is 2.86. The summed E-state index contributed by atoms with van der Waals surface area (Å²) in [5.74, 6) is 2.25. The Labute approximate surface area is 201 Å². The van der Waals surface area contributed by atoms with Crippen LogP contribution in [0.2, 0.25) is 0 Å². The van der Waals surface area contributed by atoms with Crippen LogP contribution in [0.4, 0.5) is 0 Å². The molecule has 2 amide bonds. The van der Waals surface area contributed by atoms with E-state index in [0.29, 0.717) is 45.2 Å². The molecule has 0 atom stereocenters.